The molecule has 4 nitrogen and oxygen atoms in total. The van der Waals surface area contributed by atoms with E-state index in [4.69, 9.17) is 0 Å². The Hall–Kier alpha value is -1.49. The normalized spacial score (nSPS) is 18.2. The van der Waals surface area contributed by atoms with Crippen molar-refractivity contribution in [3.8, 4) is 0 Å². The van der Waals surface area contributed by atoms with Gasteiger partial charge in [-0.2, -0.15) is 0 Å². The SMILES string of the molecule is CN(C)C(=O)C[C@@H]1Sc2ccccc2NC1=O. The van der Waals surface area contributed by atoms with Crippen LogP contribution < -0.4 is 5.32 Å². The van der Waals surface area contributed by atoms with E-state index in [1.54, 1.807) is 14.1 Å². The van der Waals surface area contributed by atoms with Gasteiger partial charge in [0.15, 0.2) is 0 Å². The van der Waals surface area contributed by atoms with Gasteiger partial charge in [0.2, 0.25) is 11.8 Å². The van der Waals surface area contributed by atoms with E-state index in [2.05, 4.69) is 5.32 Å². The topological polar surface area (TPSA) is 49.4 Å². The summed E-state index contributed by atoms with van der Waals surface area (Å²) in [7, 11) is 3.39. The van der Waals surface area contributed by atoms with Crippen molar-refractivity contribution < 1.29 is 9.59 Å². The predicted octanol–water partition coefficient (Wildman–Crippen LogP) is 1.58. The smallest absolute Gasteiger partial charge is 0.238 e. The van der Waals surface area contributed by atoms with Crippen molar-refractivity contribution in [1.82, 2.24) is 4.90 Å². The van der Waals surface area contributed by atoms with Gasteiger partial charge in [-0.15, -0.1) is 11.8 Å². The van der Waals surface area contributed by atoms with E-state index < -0.39 is 0 Å². The largest absolute Gasteiger partial charge is 0.349 e. The van der Waals surface area contributed by atoms with Crippen molar-refractivity contribution in [3.63, 3.8) is 0 Å². The first-order valence-electron chi connectivity index (χ1n) is 5.34. The van der Waals surface area contributed by atoms with Gasteiger partial charge in [0.25, 0.3) is 0 Å². The zero-order valence-corrected chi connectivity index (χ0v) is 10.6. The van der Waals surface area contributed by atoms with Crippen LogP contribution in [0.1, 0.15) is 6.42 Å². The third kappa shape index (κ3) is 2.61. The molecule has 90 valence electrons. The molecule has 1 aromatic carbocycles. The number of thioether (sulfide) groups is 1. The molecule has 0 saturated carbocycles. The van der Waals surface area contributed by atoms with Gasteiger partial charge in [-0.25, -0.2) is 0 Å². The highest BCUT2D eigenvalue weighted by molar-refractivity contribution is 8.01. The first kappa shape index (κ1) is 12.0. The van der Waals surface area contributed by atoms with Gasteiger partial charge in [-0.3, -0.25) is 9.59 Å². The molecule has 1 N–H and O–H groups in total. The lowest BCUT2D eigenvalue weighted by molar-refractivity contribution is -0.130. The molecular formula is C12H14N2O2S. The summed E-state index contributed by atoms with van der Waals surface area (Å²) in [6, 6.07) is 7.62. The van der Waals surface area contributed by atoms with Crippen molar-refractivity contribution in [2.24, 2.45) is 0 Å². The van der Waals surface area contributed by atoms with Gasteiger partial charge in [0, 0.05) is 25.4 Å². The summed E-state index contributed by atoms with van der Waals surface area (Å²) in [5.74, 6) is -0.124. The molecule has 2 rings (SSSR count). The average molecular weight is 250 g/mol. The fourth-order valence-electron chi connectivity index (χ4n) is 1.57. The molecule has 17 heavy (non-hydrogen) atoms. The number of anilines is 1. The monoisotopic (exact) mass is 250 g/mol. The predicted molar refractivity (Wildman–Crippen MR) is 68.0 cm³/mol. The molecule has 0 spiro atoms. The van der Waals surface area contributed by atoms with Crippen LogP contribution >= 0.6 is 11.8 Å². The van der Waals surface area contributed by atoms with Gasteiger partial charge in [-0.1, -0.05) is 12.1 Å². The minimum absolute atomic E-state index is 0.0305. The highest BCUT2D eigenvalue weighted by Gasteiger charge is 2.29. The Balaban J connectivity index is 2.13. The molecule has 0 radical (unpaired) electrons. The molecule has 1 atom stereocenters. The number of para-hydroxylation sites is 1. The zero-order valence-electron chi connectivity index (χ0n) is 9.77. The summed E-state index contributed by atoms with van der Waals surface area (Å²) in [6.07, 6.45) is 0.234. The molecule has 1 aliphatic heterocycles. The van der Waals surface area contributed by atoms with Gasteiger partial charge in [-0.05, 0) is 12.1 Å². The zero-order chi connectivity index (χ0) is 12.4. The Kier molecular flexibility index (Phi) is 3.38. The summed E-state index contributed by atoms with van der Waals surface area (Å²) in [4.78, 5) is 25.9. The van der Waals surface area contributed by atoms with Crippen LogP contribution in [0.5, 0.6) is 0 Å². The fraction of sp³-hybridized carbons (Fsp3) is 0.333. The van der Waals surface area contributed by atoms with E-state index in [9.17, 15) is 9.59 Å². The maximum atomic E-state index is 11.8. The van der Waals surface area contributed by atoms with Crippen molar-refractivity contribution in [1.29, 1.82) is 0 Å². The van der Waals surface area contributed by atoms with Crippen molar-refractivity contribution in [2.45, 2.75) is 16.6 Å². The van der Waals surface area contributed by atoms with Crippen LogP contribution in [0.4, 0.5) is 5.69 Å². The molecule has 2 amide bonds. The number of carbonyl (C=O) groups excluding carboxylic acids is 2. The molecule has 1 aliphatic rings. The lowest BCUT2D eigenvalue weighted by atomic mass is 10.2. The number of amides is 2. The number of carbonyl (C=O) groups is 2. The van der Waals surface area contributed by atoms with Gasteiger partial charge < -0.3 is 10.2 Å². The number of hydrogen-bond acceptors (Lipinski definition) is 3. The minimum Gasteiger partial charge on any atom is -0.349 e. The van der Waals surface area contributed by atoms with Crippen molar-refractivity contribution in [2.75, 3.05) is 19.4 Å². The van der Waals surface area contributed by atoms with Crippen molar-refractivity contribution >= 4 is 29.3 Å². The second-order valence-electron chi connectivity index (χ2n) is 4.08. The Labute approximate surface area is 104 Å². The maximum Gasteiger partial charge on any atom is 0.238 e. The molecule has 0 aromatic heterocycles. The van der Waals surface area contributed by atoms with E-state index in [0.717, 1.165) is 10.6 Å². The highest BCUT2D eigenvalue weighted by atomic mass is 32.2. The first-order valence-corrected chi connectivity index (χ1v) is 6.22. The quantitative estimate of drug-likeness (QED) is 0.867. The number of hydrogen-bond donors (Lipinski definition) is 1. The van der Waals surface area contributed by atoms with Crippen LogP contribution in [0.3, 0.4) is 0 Å². The fourth-order valence-corrected chi connectivity index (χ4v) is 2.67. The van der Waals surface area contributed by atoms with Gasteiger partial charge in [0.05, 0.1) is 10.9 Å². The number of rotatable bonds is 2. The van der Waals surface area contributed by atoms with Crippen LogP contribution in [0.2, 0.25) is 0 Å². The third-order valence-electron chi connectivity index (χ3n) is 2.57. The van der Waals surface area contributed by atoms with E-state index in [1.165, 1.54) is 16.7 Å². The maximum absolute atomic E-state index is 11.8. The summed E-state index contributed by atoms with van der Waals surface area (Å²) in [6.45, 7) is 0. The van der Waals surface area contributed by atoms with E-state index in [0.29, 0.717) is 0 Å². The molecule has 0 unspecified atom stereocenters. The van der Waals surface area contributed by atoms with E-state index in [-0.39, 0.29) is 23.5 Å². The summed E-state index contributed by atoms with van der Waals surface area (Å²) in [5, 5.41) is 2.49. The van der Waals surface area contributed by atoms with Crippen LogP contribution in [0.15, 0.2) is 29.2 Å². The Morgan fingerprint density at radius 3 is 2.82 bits per heavy atom. The summed E-state index contributed by atoms with van der Waals surface area (Å²) >= 11 is 1.45. The lowest BCUT2D eigenvalue weighted by Gasteiger charge is -2.24. The third-order valence-corrected chi connectivity index (χ3v) is 3.84. The van der Waals surface area contributed by atoms with Crippen molar-refractivity contribution in [3.05, 3.63) is 24.3 Å². The molecule has 5 heteroatoms. The van der Waals surface area contributed by atoms with E-state index in [1.807, 2.05) is 24.3 Å². The van der Waals surface area contributed by atoms with Gasteiger partial charge >= 0.3 is 0 Å². The second kappa shape index (κ2) is 4.79. The van der Waals surface area contributed by atoms with Crippen LogP contribution in [0.25, 0.3) is 0 Å². The number of nitrogens with one attached hydrogen (secondary N) is 1. The Morgan fingerprint density at radius 1 is 1.41 bits per heavy atom. The second-order valence-corrected chi connectivity index (χ2v) is 5.33. The summed E-state index contributed by atoms with van der Waals surface area (Å²) < 4.78 is 0. The Morgan fingerprint density at radius 2 is 2.12 bits per heavy atom. The van der Waals surface area contributed by atoms with Crippen LogP contribution in [-0.4, -0.2) is 36.1 Å². The molecule has 1 aromatic rings. The molecule has 0 bridgehead atoms. The summed E-state index contributed by atoms with van der Waals surface area (Å²) in [5.41, 5.74) is 0.830. The molecular weight excluding hydrogens is 236 g/mol. The first-order chi connectivity index (χ1) is 8.08. The Bertz CT molecular complexity index is 460. The van der Waals surface area contributed by atoms with Crippen LogP contribution in [-0.2, 0) is 9.59 Å². The lowest BCUT2D eigenvalue weighted by Crippen LogP contribution is -2.34. The average Bonchev–Trinajstić information content (AvgIpc) is 2.29. The molecule has 0 aliphatic carbocycles. The van der Waals surface area contributed by atoms with Crippen LogP contribution in [0, 0.1) is 0 Å². The highest BCUT2D eigenvalue weighted by Crippen LogP contribution is 2.36. The minimum atomic E-state index is -0.334. The molecule has 1 heterocycles. The number of benzene rings is 1. The van der Waals surface area contributed by atoms with Gasteiger partial charge in [0.1, 0.15) is 0 Å². The number of nitrogens with zero attached hydrogens (tertiary/aromatic N) is 1. The number of fused-ring (bicyclic) bond motifs is 1. The molecule has 0 saturated heterocycles. The molecule has 0 fully saturated rings. The van der Waals surface area contributed by atoms with E-state index >= 15 is 0 Å². The standard InChI is InChI=1S/C12H14N2O2S/c1-14(2)11(15)7-10-12(16)13-8-5-3-4-6-9(8)17-10/h3-6,10H,7H2,1-2H3,(H,13,16)/t10-/m0/s1.